The van der Waals surface area contributed by atoms with Gasteiger partial charge in [-0.2, -0.15) is 4.39 Å². The fraction of sp³-hybridized carbons (Fsp3) is 0.222. The number of benzene rings is 1. The van der Waals surface area contributed by atoms with Crippen LogP contribution < -0.4 is 0 Å². The van der Waals surface area contributed by atoms with E-state index in [0.29, 0.717) is 0 Å². The third-order valence-corrected chi connectivity index (χ3v) is 1.64. The normalized spacial score (nSPS) is 12.4. The standard InChI is InChI=1S/C9H5F5O2/c1-3(15)16-9(14)4-2-5(10)7(12)8(13)6(4)11/h2,9H,1H3. The molecular weight excluding hydrogens is 235 g/mol. The van der Waals surface area contributed by atoms with Gasteiger partial charge in [-0.25, -0.2) is 17.6 Å². The number of hydrogen-bond donors (Lipinski definition) is 0. The van der Waals surface area contributed by atoms with Crippen molar-refractivity contribution in [3.8, 4) is 0 Å². The summed E-state index contributed by atoms with van der Waals surface area (Å²) in [6, 6.07) is 0.0847. The lowest BCUT2D eigenvalue weighted by molar-refractivity contribution is -0.156. The molecule has 0 aliphatic heterocycles. The molecule has 0 bridgehead atoms. The van der Waals surface area contributed by atoms with Crippen molar-refractivity contribution in [1.82, 2.24) is 0 Å². The van der Waals surface area contributed by atoms with E-state index in [4.69, 9.17) is 0 Å². The van der Waals surface area contributed by atoms with Crippen molar-refractivity contribution < 1.29 is 31.5 Å². The fourth-order valence-corrected chi connectivity index (χ4v) is 0.966. The van der Waals surface area contributed by atoms with E-state index in [1.165, 1.54) is 0 Å². The van der Waals surface area contributed by atoms with Gasteiger partial charge in [-0.1, -0.05) is 0 Å². The van der Waals surface area contributed by atoms with Gasteiger partial charge in [0, 0.05) is 6.92 Å². The van der Waals surface area contributed by atoms with Crippen LogP contribution in [0.25, 0.3) is 0 Å². The van der Waals surface area contributed by atoms with Gasteiger partial charge >= 0.3 is 5.97 Å². The molecule has 1 aromatic rings. The summed E-state index contributed by atoms with van der Waals surface area (Å²) in [6.45, 7) is 0.820. The summed E-state index contributed by atoms with van der Waals surface area (Å²) >= 11 is 0. The van der Waals surface area contributed by atoms with Crippen molar-refractivity contribution in [3.05, 3.63) is 34.9 Å². The molecule has 0 spiro atoms. The molecule has 2 nitrogen and oxygen atoms in total. The first kappa shape index (κ1) is 12.4. The van der Waals surface area contributed by atoms with Crippen LogP contribution in [0.3, 0.4) is 0 Å². The van der Waals surface area contributed by atoms with Gasteiger partial charge in [0.15, 0.2) is 23.3 Å². The van der Waals surface area contributed by atoms with Gasteiger partial charge in [0.25, 0.3) is 6.36 Å². The second-order valence-electron chi connectivity index (χ2n) is 2.82. The van der Waals surface area contributed by atoms with Crippen molar-refractivity contribution in [2.45, 2.75) is 13.3 Å². The second-order valence-corrected chi connectivity index (χ2v) is 2.82. The Morgan fingerprint density at radius 2 is 1.75 bits per heavy atom. The van der Waals surface area contributed by atoms with Crippen LogP contribution in [0, 0.1) is 23.3 Å². The molecule has 0 aromatic heterocycles. The van der Waals surface area contributed by atoms with Gasteiger partial charge < -0.3 is 4.74 Å². The van der Waals surface area contributed by atoms with Crippen molar-refractivity contribution in [2.75, 3.05) is 0 Å². The summed E-state index contributed by atoms with van der Waals surface area (Å²) in [5.41, 5.74) is -1.22. The summed E-state index contributed by atoms with van der Waals surface area (Å²) in [5.74, 6) is -9.05. The number of esters is 1. The van der Waals surface area contributed by atoms with E-state index in [1.54, 1.807) is 0 Å². The molecule has 16 heavy (non-hydrogen) atoms. The van der Waals surface area contributed by atoms with Crippen LogP contribution in [-0.2, 0) is 9.53 Å². The molecule has 0 N–H and O–H groups in total. The molecule has 0 aliphatic rings. The Hall–Kier alpha value is -1.66. The Kier molecular flexibility index (Phi) is 3.46. The molecule has 0 aliphatic carbocycles. The van der Waals surface area contributed by atoms with E-state index in [-0.39, 0.29) is 6.07 Å². The van der Waals surface area contributed by atoms with Crippen molar-refractivity contribution in [1.29, 1.82) is 0 Å². The average molecular weight is 240 g/mol. The molecule has 0 amide bonds. The summed E-state index contributed by atoms with van der Waals surface area (Å²) < 4.78 is 67.6. The molecule has 1 unspecified atom stereocenters. The third-order valence-electron chi connectivity index (χ3n) is 1.64. The highest BCUT2D eigenvalue weighted by molar-refractivity contribution is 5.66. The Bertz CT molecular complexity index is 432. The summed E-state index contributed by atoms with van der Waals surface area (Å²) in [6.07, 6.45) is -2.69. The molecule has 88 valence electrons. The maximum absolute atomic E-state index is 13.0. The number of carbonyl (C=O) groups is 1. The van der Waals surface area contributed by atoms with Gasteiger partial charge in [0.05, 0.1) is 5.56 Å². The maximum Gasteiger partial charge on any atom is 0.305 e. The van der Waals surface area contributed by atoms with Gasteiger partial charge in [0.2, 0.25) is 0 Å². The Balaban J connectivity index is 3.19. The van der Waals surface area contributed by atoms with E-state index in [9.17, 15) is 26.7 Å². The molecule has 0 saturated heterocycles. The van der Waals surface area contributed by atoms with Gasteiger partial charge in [-0.3, -0.25) is 4.79 Å². The van der Waals surface area contributed by atoms with Crippen LogP contribution in [-0.4, -0.2) is 5.97 Å². The number of hydrogen-bond acceptors (Lipinski definition) is 2. The highest BCUT2D eigenvalue weighted by Gasteiger charge is 2.25. The second kappa shape index (κ2) is 4.46. The van der Waals surface area contributed by atoms with E-state index in [1.807, 2.05) is 0 Å². The van der Waals surface area contributed by atoms with Crippen molar-refractivity contribution in [3.63, 3.8) is 0 Å². The first-order valence-electron chi connectivity index (χ1n) is 3.98. The Morgan fingerprint density at radius 3 is 2.25 bits per heavy atom. The van der Waals surface area contributed by atoms with E-state index in [2.05, 4.69) is 4.74 Å². The minimum atomic E-state index is -2.69. The van der Waals surface area contributed by atoms with Gasteiger partial charge in [-0.15, -0.1) is 0 Å². The summed E-state index contributed by atoms with van der Waals surface area (Å²) in [7, 11) is 0. The third kappa shape index (κ3) is 2.29. The quantitative estimate of drug-likeness (QED) is 0.344. The zero-order chi connectivity index (χ0) is 12.5. The summed E-state index contributed by atoms with van der Waals surface area (Å²) in [4.78, 5) is 10.3. The lowest BCUT2D eigenvalue weighted by Gasteiger charge is -2.10. The molecule has 0 radical (unpaired) electrons. The van der Waals surface area contributed by atoms with Crippen LogP contribution in [0.4, 0.5) is 22.0 Å². The van der Waals surface area contributed by atoms with Crippen LogP contribution in [0.1, 0.15) is 18.8 Å². The number of ether oxygens (including phenoxy) is 1. The topological polar surface area (TPSA) is 26.3 Å². The molecule has 0 fully saturated rings. The first-order valence-corrected chi connectivity index (χ1v) is 3.98. The Labute approximate surface area is 86.6 Å². The molecule has 0 heterocycles. The molecule has 7 heteroatoms. The van der Waals surface area contributed by atoms with Crippen molar-refractivity contribution >= 4 is 5.97 Å². The van der Waals surface area contributed by atoms with Gasteiger partial charge in [-0.05, 0) is 6.07 Å². The molecule has 1 aromatic carbocycles. The zero-order valence-corrected chi connectivity index (χ0v) is 7.86. The monoisotopic (exact) mass is 240 g/mol. The molecule has 0 saturated carbocycles. The van der Waals surface area contributed by atoms with Crippen molar-refractivity contribution in [2.24, 2.45) is 0 Å². The van der Waals surface area contributed by atoms with Crippen LogP contribution >= 0.6 is 0 Å². The van der Waals surface area contributed by atoms with Crippen LogP contribution in [0.15, 0.2) is 6.07 Å². The molecule has 1 rings (SSSR count). The largest absolute Gasteiger partial charge is 0.427 e. The van der Waals surface area contributed by atoms with E-state index < -0.39 is 41.2 Å². The van der Waals surface area contributed by atoms with Crippen LogP contribution in [0.5, 0.6) is 0 Å². The number of halogens is 5. The first-order chi connectivity index (χ1) is 7.34. The van der Waals surface area contributed by atoms with Gasteiger partial charge in [0.1, 0.15) is 0 Å². The summed E-state index contributed by atoms with van der Waals surface area (Å²) in [5, 5.41) is 0. The predicted octanol–water partition coefficient (Wildman–Crippen LogP) is 2.77. The highest BCUT2D eigenvalue weighted by atomic mass is 19.2. The van der Waals surface area contributed by atoms with Crippen LogP contribution in [0.2, 0.25) is 0 Å². The fourth-order valence-electron chi connectivity index (χ4n) is 0.966. The Morgan fingerprint density at radius 1 is 1.19 bits per heavy atom. The minimum absolute atomic E-state index is 0.0847. The highest BCUT2D eigenvalue weighted by Crippen LogP contribution is 2.26. The van der Waals surface area contributed by atoms with E-state index >= 15 is 0 Å². The molecule has 1 atom stereocenters. The smallest absolute Gasteiger partial charge is 0.305 e. The lowest BCUT2D eigenvalue weighted by Crippen LogP contribution is -2.09. The number of alkyl halides is 1. The average Bonchev–Trinajstić information content (AvgIpc) is 2.19. The zero-order valence-electron chi connectivity index (χ0n) is 7.86. The minimum Gasteiger partial charge on any atom is -0.427 e. The molecular formula is C9H5F5O2. The van der Waals surface area contributed by atoms with E-state index in [0.717, 1.165) is 6.92 Å². The predicted molar refractivity (Wildman–Crippen MR) is 41.9 cm³/mol. The lowest BCUT2D eigenvalue weighted by atomic mass is 10.2. The number of rotatable bonds is 2. The SMILES string of the molecule is CC(=O)OC(F)c1cc(F)c(F)c(F)c1F. The number of carbonyl (C=O) groups excluding carboxylic acids is 1. The maximum atomic E-state index is 13.0.